The van der Waals surface area contributed by atoms with Gasteiger partial charge in [-0.05, 0) is 23.8 Å². The van der Waals surface area contributed by atoms with Crippen molar-refractivity contribution in [3.05, 3.63) is 41.5 Å². The standard InChI is InChI=1S/C12H13N3O3S/c1-19(16,17)8-11-14-12(18-15-11)7-4-9-2-5-10(13)6-3-9/h2-7H,8,13H2,1H3/b7-4+. The largest absolute Gasteiger partial charge is 0.399 e. The van der Waals surface area contributed by atoms with E-state index < -0.39 is 9.84 Å². The van der Waals surface area contributed by atoms with E-state index >= 15 is 0 Å². The summed E-state index contributed by atoms with van der Waals surface area (Å²) in [5.74, 6) is 0.182. The normalized spacial score (nSPS) is 12.1. The van der Waals surface area contributed by atoms with Gasteiger partial charge in [0.05, 0.1) is 0 Å². The third-order valence-corrected chi connectivity index (χ3v) is 3.01. The lowest BCUT2D eigenvalue weighted by molar-refractivity contribution is 0.405. The molecular weight excluding hydrogens is 266 g/mol. The summed E-state index contributed by atoms with van der Waals surface area (Å²) in [7, 11) is -3.16. The maximum atomic E-state index is 11.1. The van der Waals surface area contributed by atoms with Gasteiger partial charge in [0.1, 0.15) is 5.75 Å². The van der Waals surface area contributed by atoms with Gasteiger partial charge in [-0.25, -0.2) is 8.42 Å². The minimum Gasteiger partial charge on any atom is -0.399 e. The number of anilines is 1. The van der Waals surface area contributed by atoms with Gasteiger partial charge in [-0.3, -0.25) is 0 Å². The maximum Gasteiger partial charge on any atom is 0.250 e. The van der Waals surface area contributed by atoms with Crippen LogP contribution in [0.4, 0.5) is 5.69 Å². The molecule has 0 amide bonds. The molecule has 1 aromatic carbocycles. The van der Waals surface area contributed by atoms with Gasteiger partial charge in [0.2, 0.25) is 0 Å². The lowest BCUT2D eigenvalue weighted by Gasteiger charge is -1.93. The molecule has 0 unspecified atom stereocenters. The number of hydrogen-bond donors (Lipinski definition) is 1. The zero-order chi connectivity index (χ0) is 13.9. The molecule has 100 valence electrons. The maximum absolute atomic E-state index is 11.1. The second kappa shape index (κ2) is 5.23. The summed E-state index contributed by atoms with van der Waals surface area (Å²) in [6, 6.07) is 7.25. The number of nitrogen functional groups attached to an aromatic ring is 1. The molecule has 1 heterocycles. The van der Waals surface area contributed by atoms with Gasteiger partial charge in [-0.2, -0.15) is 4.98 Å². The quantitative estimate of drug-likeness (QED) is 0.848. The molecule has 0 radical (unpaired) electrons. The molecule has 0 saturated heterocycles. The highest BCUT2D eigenvalue weighted by Gasteiger charge is 2.10. The van der Waals surface area contributed by atoms with Gasteiger partial charge >= 0.3 is 0 Å². The lowest BCUT2D eigenvalue weighted by atomic mass is 10.2. The molecule has 0 atom stereocenters. The fraction of sp³-hybridized carbons (Fsp3) is 0.167. The number of nitrogens with zero attached hydrogens (tertiary/aromatic N) is 2. The molecule has 0 bridgehead atoms. The molecule has 19 heavy (non-hydrogen) atoms. The van der Waals surface area contributed by atoms with Crippen LogP contribution in [0.1, 0.15) is 17.3 Å². The van der Waals surface area contributed by atoms with Crippen molar-refractivity contribution in [2.75, 3.05) is 12.0 Å². The molecule has 0 fully saturated rings. The molecule has 0 aliphatic carbocycles. The zero-order valence-electron chi connectivity index (χ0n) is 10.3. The smallest absolute Gasteiger partial charge is 0.250 e. The Morgan fingerprint density at radius 3 is 2.58 bits per heavy atom. The first kappa shape index (κ1) is 13.3. The Balaban J connectivity index is 2.09. The first-order valence-corrected chi connectivity index (χ1v) is 7.52. The molecule has 7 heteroatoms. The molecule has 2 N–H and O–H groups in total. The number of sulfone groups is 1. The van der Waals surface area contributed by atoms with Crippen LogP contribution in [-0.4, -0.2) is 24.8 Å². The van der Waals surface area contributed by atoms with E-state index in [-0.39, 0.29) is 17.5 Å². The molecule has 6 nitrogen and oxygen atoms in total. The number of benzene rings is 1. The van der Waals surface area contributed by atoms with Crippen molar-refractivity contribution in [2.45, 2.75) is 5.75 Å². The molecule has 0 spiro atoms. The topological polar surface area (TPSA) is 99.1 Å². The number of nitrogens with two attached hydrogens (primary N) is 1. The highest BCUT2D eigenvalue weighted by Crippen LogP contribution is 2.10. The summed E-state index contributed by atoms with van der Waals surface area (Å²) < 4.78 is 27.1. The number of hydrogen-bond acceptors (Lipinski definition) is 6. The number of rotatable bonds is 4. The summed E-state index contributed by atoms with van der Waals surface area (Å²) in [5.41, 5.74) is 7.19. The van der Waals surface area contributed by atoms with Crippen LogP contribution in [-0.2, 0) is 15.6 Å². The van der Waals surface area contributed by atoms with Crippen molar-refractivity contribution in [1.29, 1.82) is 0 Å². The highest BCUT2D eigenvalue weighted by atomic mass is 32.2. The third kappa shape index (κ3) is 4.22. The van der Waals surface area contributed by atoms with Crippen LogP contribution in [0.25, 0.3) is 12.2 Å². The van der Waals surface area contributed by atoms with Crippen molar-refractivity contribution in [1.82, 2.24) is 10.1 Å². The van der Waals surface area contributed by atoms with E-state index in [2.05, 4.69) is 10.1 Å². The molecule has 2 rings (SSSR count). The van der Waals surface area contributed by atoms with Crippen LogP contribution in [0, 0.1) is 0 Å². The highest BCUT2D eigenvalue weighted by molar-refractivity contribution is 7.89. The molecule has 1 aromatic heterocycles. The van der Waals surface area contributed by atoms with Gasteiger partial charge in [-0.1, -0.05) is 17.3 Å². The van der Waals surface area contributed by atoms with Gasteiger partial charge < -0.3 is 10.3 Å². The molecule has 0 saturated carbocycles. The van der Waals surface area contributed by atoms with Gasteiger partial charge in [0, 0.05) is 18.0 Å². The Kier molecular flexibility index (Phi) is 3.66. The summed E-state index contributed by atoms with van der Waals surface area (Å²) in [5, 5.41) is 3.59. The van der Waals surface area contributed by atoms with Crippen LogP contribution in [0.5, 0.6) is 0 Å². The SMILES string of the molecule is CS(=O)(=O)Cc1noc(/C=C/c2ccc(N)cc2)n1. The minimum atomic E-state index is -3.16. The Morgan fingerprint density at radius 2 is 1.95 bits per heavy atom. The van der Waals surface area contributed by atoms with Crippen molar-refractivity contribution in [3.8, 4) is 0 Å². The average Bonchev–Trinajstić information content (AvgIpc) is 2.73. The van der Waals surface area contributed by atoms with Crippen molar-refractivity contribution in [3.63, 3.8) is 0 Å². The van der Waals surface area contributed by atoms with E-state index in [4.69, 9.17) is 10.3 Å². The first-order valence-electron chi connectivity index (χ1n) is 5.46. The van der Waals surface area contributed by atoms with E-state index in [0.29, 0.717) is 5.69 Å². The Hall–Kier alpha value is -2.15. The van der Waals surface area contributed by atoms with E-state index in [9.17, 15) is 8.42 Å². The Morgan fingerprint density at radius 1 is 1.26 bits per heavy atom. The van der Waals surface area contributed by atoms with Gasteiger partial charge in [-0.15, -0.1) is 0 Å². The van der Waals surface area contributed by atoms with E-state index in [1.54, 1.807) is 24.3 Å². The molecular formula is C12H13N3O3S. The van der Waals surface area contributed by atoms with Crippen molar-refractivity contribution >= 4 is 27.7 Å². The zero-order valence-corrected chi connectivity index (χ0v) is 11.1. The minimum absolute atomic E-state index is 0.152. The van der Waals surface area contributed by atoms with E-state index in [0.717, 1.165) is 11.8 Å². The third-order valence-electron chi connectivity index (χ3n) is 2.23. The van der Waals surface area contributed by atoms with Crippen molar-refractivity contribution in [2.24, 2.45) is 0 Å². The second-order valence-electron chi connectivity index (χ2n) is 4.12. The summed E-state index contributed by atoms with van der Waals surface area (Å²) in [6.45, 7) is 0. The fourth-order valence-corrected chi connectivity index (χ4v) is 1.99. The van der Waals surface area contributed by atoms with Crippen LogP contribution in [0.15, 0.2) is 28.8 Å². The van der Waals surface area contributed by atoms with Gasteiger partial charge in [0.25, 0.3) is 5.89 Å². The predicted molar refractivity (Wildman–Crippen MR) is 72.6 cm³/mol. The Bertz CT molecular complexity index is 687. The number of aromatic nitrogens is 2. The summed E-state index contributed by atoms with van der Waals surface area (Å²) in [6.07, 6.45) is 4.51. The monoisotopic (exact) mass is 279 g/mol. The first-order chi connectivity index (χ1) is 8.92. The molecule has 0 aliphatic heterocycles. The lowest BCUT2D eigenvalue weighted by Crippen LogP contribution is -2.02. The summed E-state index contributed by atoms with van der Waals surface area (Å²) >= 11 is 0. The van der Waals surface area contributed by atoms with Crippen LogP contribution in [0.3, 0.4) is 0 Å². The summed E-state index contributed by atoms with van der Waals surface area (Å²) in [4.78, 5) is 3.96. The Labute approximate surface area is 110 Å². The van der Waals surface area contributed by atoms with Gasteiger partial charge in [0.15, 0.2) is 15.7 Å². The van der Waals surface area contributed by atoms with Crippen LogP contribution < -0.4 is 5.73 Å². The van der Waals surface area contributed by atoms with Crippen LogP contribution in [0.2, 0.25) is 0 Å². The second-order valence-corrected chi connectivity index (χ2v) is 6.26. The average molecular weight is 279 g/mol. The van der Waals surface area contributed by atoms with Crippen LogP contribution >= 0.6 is 0 Å². The fourth-order valence-electron chi connectivity index (χ4n) is 1.40. The van der Waals surface area contributed by atoms with E-state index in [1.165, 1.54) is 0 Å². The molecule has 0 aliphatic rings. The van der Waals surface area contributed by atoms with E-state index in [1.807, 2.05) is 12.1 Å². The predicted octanol–water partition coefficient (Wildman–Crippen LogP) is 1.37. The molecule has 2 aromatic rings. The van der Waals surface area contributed by atoms with Crippen molar-refractivity contribution < 1.29 is 12.9 Å².